The van der Waals surface area contributed by atoms with Crippen molar-refractivity contribution in [2.45, 2.75) is 68.9 Å². The van der Waals surface area contributed by atoms with Gasteiger partial charge in [-0.3, -0.25) is 0 Å². The van der Waals surface area contributed by atoms with E-state index in [0.29, 0.717) is 11.3 Å². The molecule has 0 radical (unpaired) electrons. The van der Waals surface area contributed by atoms with E-state index in [1.54, 1.807) is 0 Å². The fourth-order valence-corrected chi connectivity index (χ4v) is 14.2. The molecule has 2 unspecified atom stereocenters. The summed E-state index contributed by atoms with van der Waals surface area (Å²) >= 11 is 0. The first kappa shape index (κ1) is 34.3. The van der Waals surface area contributed by atoms with Gasteiger partial charge in [0.2, 0.25) is 0 Å². The van der Waals surface area contributed by atoms with Crippen molar-refractivity contribution in [1.29, 1.82) is 0 Å². The zero-order chi connectivity index (χ0) is 37.7. The van der Waals surface area contributed by atoms with E-state index in [0.717, 1.165) is 12.8 Å². The minimum Gasteiger partial charge on any atom is -0.341 e. The number of anilines is 4. The molecule has 0 saturated heterocycles. The minimum absolute atomic E-state index is 0.457. The SMILES string of the molecule is C[Si](C)(C)C1Cc2ccccc2N1c1ccc2c(c1)C(c1ccccc1)(c1ccccc1)c1cc(N3c4ccccc4CC3[Si](C)(C)C)c3ccccc3c1-2. The highest BCUT2D eigenvalue weighted by Crippen LogP contribution is 2.61. The number of fused-ring (bicyclic) bond motifs is 7. The molecule has 2 aliphatic heterocycles. The monoisotopic (exact) mass is 746 g/mol. The Morgan fingerprint density at radius 1 is 0.455 bits per heavy atom. The number of nitrogens with zero attached hydrogens (tertiary/aromatic N) is 2. The van der Waals surface area contributed by atoms with Crippen molar-refractivity contribution < 1.29 is 0 Å². The van der Waals surface area contributed by atoms with E-state index < -0.39 is 21.6 Å². The first-order valence-corrected chi connectivity index (χ1v) is 27.3. The molecule has 4 heteroatoms. The molecule has 0 N–H and O–H groups in total. The van der Waals surface area contributed by atoms with Gasteiger partial charge in [0.25, 0.3) is 0 Å². The molecule has 0 spiro atoms. The van der Waals surface area contributed by atoms with Gasteiger partial charge in [0.05, 0.1) is 21.6 Å². The molecule has 7 aromatic carbocycles. The first-order valence-electron chi connectivity index (χ1n) is 20.1. The Labute approximate surface area is 329 Å². The average Bonchev–Trinajstić information content (AvgIpc) is 3.87. The summed E-state index contributed by atoms with van der Waals surface area (Å²) in [4.78, 5) is 5.48. The highest BCUT2D eigenvalue weighted by atomic mass is 28.3. The Morgan fingerprint density at radius 2 is 0.945 bits per heavy atom. The van der Waals surface area contributed by atoms with Crippen LogP contribution in [0.1, 0.15) is 33.4 Å². The number of hydrogen-bond donors (Lipinski definition) is 0. The van der Waals surface area contributed by atoms with E-state index in [2.05, 4.69) is 207 Å². The zero-order valence-corrected chi connectivity index (χ0v) is 35.0. The lowest BCUT2D eigenvalue weighted by Gasteiger charge is -2.39. The van der Waals surface area contributed by atoms with Gasteiger partial charge in [0.15, 0.2) is 0 Å². The maximum Gasteiger partial charge on any atom is 0.0715 e. The van der Waals surface area contributed by atoms with Crippen LogP contribution in [-0.4, -0.2) is 27.5 Å². The van der Waals surface area contributed by atoms with Crippen LogP contribution in [0.4, 0.5) is 22.7 Å². The zero-order valence-electron chi connectivity index (χ0n) is 33.0. The van der Waals surface area contributed by atoms with Crippen LogP contribution < -0.4 is 9.80 Å². The van der Waals surface area contributed by atoms with E-state index >= 15 is 0 Å². The molecule has 2 heterocycles. The number of hydrogen-bond acceptors (Lipinski definition) is 2. The van der Waals surface area contributed by atoms with Crippen molar-refractivity contribution in [2.75, 3.05) is 9.80 Å². The van der Waals surface area contributed by atoms with Crippen molar-refractivity contribution in [2.24, 2.45) is 0 Å². The van der Waals surface area contributed by atoms with E-state index in [1.165, 1.54) is 78.0 Å². The maximum atomic E-state index is 2.76. The van der Waals surface area contributed by atoms with Gasteiger partial charge >= 0.3 is 0 Å². The fourth-order valence-electron chi connectivity index (χ4n) is 10.4. The molecule has 0 fully saturated rings. The lowest BCUT2D eigenvalue weighted by atomic mass is 9.67. The molecule has 7 aromatic rings. The quantitative estimate of drug-likeness (QED) is 0.156. The average molecular weight is 747 g/mol. The van der Waals surface area contributed by atoms with Crippen LogP contribution in [0.15, 0.2) is 158 Å². The Hall–Kier alpha value is -5.17. The summed E-state index contributed by atoms with van der Waals surface area (Å²) in [5.74, 6) is 0. The lowest BCUT2D eigenvalue weighted by molar-refractivity contribution is 0.766. The van der Waals surface area contributed by atoms with Crippen molar-refractivity contribution in [3.05, 3.63) is 191 Å². The van der Waals surface area contributed by atoms with E-state index in [4.69, 9.17) is 0 Å². The molecule has 2 atom stereocenters. The van der Waals surface area contributed by atoms with E-state index in [9.17, 15) is 0 Å². The van der Waals surface area contributed by atoms with Crippen LogP contribution in [-0.2, 0) is 18.3 Å². The predicted molar refractivity (Wildman–Crippen MR) is 240 cm³/mol. The molecule has 3 aliphatic rings. The summed E-state index contributed by atoms with van der Waals surface area (Å²) in [5, 5.41) is 2.67. The standard InChI is InChI=1S/C51H50N2Si2/c1-54(2,3)48-31-35-19-13-17-27-45(35)52(48)39-29-30-42-43(33-39)51(37-21-9-7-10-22-37,38-23-11-8-12-24-38)44-34-47(40-25-15-16-26-41(40)50(42)44)53-46-28-18-14-20-36(46)32-49(53)55(4,5)6/h7-30,33-34,48-49H,31-32H2,1-6H3. The molecule has 2 nitrogen and oxygen atoms in total. The van der Waals surface area contributed by atoms with Crippen molar-refractivity contribution in [3.63, 3.8) is 0 Å². The summed E-state index contributed by atoms with van der Waals surface area (Å²) in [6.07, 6.45) is 2.20. The molecule has 0 saturated carbocycles. The molecule has 55 heavy (non-hydrogen) atoms. The third-order valence-corrected chi connectivity index (χ3v) is 17.9. The van der Waals surface area contributed by atoms with Crippen LogP contribution >= 0.6 is 0 Å². The second-order valence-electron chi connectivity index (χ2n) is 18.2. The molecule has 10 rings (SSSR count). The van der Waals surface area contributed by atoms with Gasteiger partial charge in [-0.15, -0.1) is 0 Å². The molecule has 0 aromatic heterocycles. The maximum absolute atomic E-state index is 2.76. The number of benzene rings is 7. The lowest BCUT2D eigenvalue weighted by Crippen LogP contribution is -2.47. The van der Waals surface area contributed by atoms with Crippen LogP contribution in [0, 0.1) is 0 Å². The summed E-state index contributed by atoms with van der Waals surface area (Å²) in [5.41, 5.74) is 16.8. The summed E-state index contributed by atoms with van der Waals surface area (Å²) in [7, 11) is -3.26. The Bertz CT molecular complexity index is 2560. The number of rotatable bonds is 6. The Morgan fingerprint density at radius 3 is 1.53 bits per heavy atom. The second-order valence-corrected chi connectivity index (χ2v) is 29.0. The molecule has 0 amide bonds. The molecule has 272 valence electrons. The van der Waals surface area contributed by atoms with Gasteiger partial charge in [-0.2, -0.15) is 0 Å². The fraction of sp³-hybridized carbons (Fsp3) is 0.216. The number of para-hydroxylation sites is 2. The molecule has 1 aliphatic carbocycles. The second kappa shape index (κ2) is 12.4. The summed E-state index contributed by atoms with van der Waals surface area (Å²) in [6.45, 7) is 15.3. The van der Waals surface area contributed by atoms with Crippen LogP contribution in [0.5, 0.6) is 0 Å². The van der Waals surface area contributed by atoms with Crippen LogP contribution in [0.25, 0.3) is 21.9 Å². The van der Waals surface area contributed by atoms with E-state index in [1.807, 2.05) is 0 Å². The Kier molecular flexibility index (Phi) is 7.76. The summed E-state index contributed by atoms with van der Waals surface area (Å²) < 4.78 is 0. The van der Waals surface area contributed by atoms with Gasteiger partial charge in [-0.1, -0.05) is 167 Å². The van der Waals surface area contributed by atoms with Gasteiger partial charge in [0, 0.05) is 39.5 Å². The van der Waals surface area contributed by atoms with Crippen LogP contribution in [0.3, 0.4) is 0 Å². The van der Waals surface area contributed by atoms with Gasteiger partial charge in [-0.05, 0) is 93.1 Å². The predicted octanol–water partition coefficient (Wildman–Crippen LogP) is 13.1. The third kappa shape index (κ3) is 5.11. The smallest absolute Gasteiger partial charge is 0.0715 e. The highest BCUT2D eigenvalue weighted by Gasteiger charge is 2.49. The van der Waals surface area contributed by atoms with Crippen molar-refractivity contribution in [3.8, 4) is 11.1 Å². The normalized spacial score (nSPS) is 18.3. The van der Waals surface area contributed by atoms with Gasteiger partial charge in [-0.25, -0.2) is 0 Å². The van der Waals surface area contributed by atoms with Gasteiger partial charge < -0.3 is 9.80 Å². The Balaban J connectivity index is 1.32. The topological polar surface area (TPSA) is 6.48 Å². The largest absolute Gasteiger partial charge is 0.341 e. The van der Waals surface area contributed by atoms with Crippen molar-refractivity contribution >= 4 is 49.7 Å². The molecule has 0 bridgehead atoms. The minimum atomic E-state index is -1.66. The third-order valence-electron chi connectivity index (χ3n) is 13.0. The summed E-state index contributed by atoms with van der Waals surface area (Å²) in [6, 6.07) is 60.5. The van der Waals surface area contributed by atoms with Gasteiger partial charge in [0.1, 0.15) is 0 Å². The molecular weight excluding hydrogens is 697 g/mol. The van der Waals surface area contributed by atoms with E-state index in [-0.39, 0.29) is 0 Å². The first-order chi connectivity index (χ1) is 26.6. The molecular formula is C51H50N2Si2. The van der Waals surface area contributed by atoms with Crippen LogP contribution in [0.2, 0.25) is 39.3 Å². The van der Waals surface area contributed by atoms with Crippen molar-refractivity contribution in [1.82, 2.24) is 0 Å². The highest BCUT2D eigenvalue weighted by molar-refractivity contribution is 6.79.